The Morgan fingerprint density at radius 2 is 1.77 bits per heavy atom. The number of rotatable bonds is 5. The molecule has 0 spiro atoms. The van der Waals surface area contributed by atoms with E-state index in [9.17, 15) is 14.0 Å². The van der Waals surface area contributed by atoms with Gasteiger partial charge in [0, 0.05) is 9.79 Å². The van der Waals surface area contributed by atoms with Crippen LogP contribution in [-0.2, 0) is 0 Å². The maximum absolute atomic E-state index is 13.7. The third-order valence-electron chi connectivity index (χ3n) is 3.37. The number of amides is 3. The first kappa shape index (κ1) is 17.5. The van der Waals surface area contributed by atoms with Crippen molar-refractivity contribution in [3.63, 3.8) is 0 Å². The summed E-state index contributed by atoms with van der Waals surface area (Å²) >= 11 is 1.29. The molecule has 0 unspecified atom stereocenters. The smallest absolute Gasteiger partial charge is 0.316 e. The van der Waals surface area contributed by atoms with Crippen LogP contribution in [0.1, 0.15) is 10.5 Å². The number of benzene rings is 2. The molecule has 132 valence electrons. The fourth-order valence-corrected chi connectivity index (χ4v) is 3.07. The van der Waals surface area contributed by atoms with E-state index in [0.717, 1.165) is 4.90 Å². The maximum Gasteiger partial charge on any atom is 0.316 e. The summed E-state index contributed by atoms with van der Waals surface area (Å²) < 4.78 is 15.1. The fourth-order valence-electron chi connectivity index (χ4n) is 2.23. The van der Waals surface area contributed by atoms with Gasteiger partial charge in [-0.1, -0.05) is 23.9 Å². The highest BCUT2D eigenvalue weighted by Gasteiger charge is 2.16. The number of hydrogen-bond acceptors (Lipinski definition) is 4. The summed E-state index contributed by atoms with van der Waals surface area (Å²) in [6, 6.07) is 12.7. The van der Waals surface area contributed by atoms with Gasteiger partial charge >= 0.3 is 6.03 Å². The molecule has 0 bridgehead atoms. The highest BCUT2D eigenvalue weighted by atomic mass is 32.2. The molecule has 2 aromatic carbocycles. The predicted molar refractivity (Wildman–Crippen MR) is 95.8 cm³/mol. The lowest BCUT2D eigenvalue weighted by molar-refractivity contribution is 0.0996. The van der Waals surface area contributed by atoms with E-state index in [0.29, 0.717) is 10.6 Å². The lowest BCUT2D eigenvalue weighted by Crippen LogP contribution is -2.22. The van der Waals surface area contributed by atoms with Crippen molar-refractivity contribution in [2.45, 2.75) is 9.79 Å². The van der Waals surface area contributed by atoms with Gasteiger partial charge in [0.2, 0.25) is 0 Å². The Morgan fingerprint density at radius 1 is 1.08 bits per heavy atom. The molecule has 0 fully saturated rings. The van der Waals surface area contributed by atoms with Crippen LogP contribution in [0.3, 0.4) is 0 Å². The highest BCUT2D eigenvalue weighted by Crippen LogP contribution is 2.30. The molecule has 9 heteroatoms. The quantitative estimate of drug-likeness (QED) is 0.639. The van der Waals surface area contributed by atoms with E-state index < -0.39 is 11.9 Å². The molecule has 0 aliphatic carbocycles. The third-order valence-corrected chi connectivity index (χ3v) is 4.43. The van der Waals surface area contributed by atoms with Crippen LogP contribution in [0.4, 0.5) is 14.9 Å². The van der Waals surface area contributed by atoms with E-state index in [1.165, 1.54) is 28.7 Å². The molecule has 0 saturated carbocycles. The Bertz CT molecular complexity index is 972. The van der Waals surface area contributed by atoms with E-state index in [2.05, 4.69) is 10.4 Å². The number of carbonyl (C=O) groups is 2. The van der Waals surface area contributed by atoms with Gasteiger partial charge < -0.3 is 16.8 Å². The van der Waals surface area contributed by atoms with Gasteiger partial charge in [-0.05, 0) is 36.4 Å². The first-order chi connectivity index (χ1) is 12.4. The summed E-state index contributed by atoms with van der Waals surface area (Å²) in [4.78, 5) is 23.8. The molecule has 7 nitrogen and oxygen atoms in total. The topological polar surface area (TPSA) is 116 Å². The minimum atomic E-state index is -0.830. The Labute approximate surface area is 152 Å². The molecule has 0 atom stereocenters. The normalized spacial score (nSPS) is 10.5. The standard InChI is InChI=1S/C17H14FN5O2S/c18-12-3-1-2-4-14(12)26-11-7-5-10(6-8-11)23-9-13(21-17(20)25)15(22-23)16(19)24/h1-9H,(H2,19,24)(H3,20,21,25). The average Bonchev–Trinajstić information content (AvgIpc) is 3.01. The van der Waals surface area contributed by atoms with Crippen LogP contribution in [0.25, 0.3) is 5.69 Å². The second kappa shape index (κ2) is 7.28. The summed E-state index contributed by atoms with van der Waals surface area (Å²) in [5.41, 5.74) is 11.0. The summed E-state index contributed by atoms with van der Waals surface area (Å²) in [7, 11) is 0. The zero-order valence-electron chi connectivity index (χ0n) is 13.3. The van der Waals surface area contributed by atoms with Crippen LogP contribution in [-0.4, -0.2) is 21.7 Å². The van der Waals surface area contributed by atoms with Crippen LogP contribution in [0, 0.1) is 5.82 Å². The van der Waals surface area contributed by atoms with Gasteiger partial charge in [-0.3, -0.25) is 4.79 Å². The van der Waals surface area contributed by atoms with Crippen molar-refractivity contribution in [1.82, 2.24) is 9.78 Å². The highest BCUT2D eigenvalue weighted by molar-refractivity contribution is 7.99. The molecule has 26 heavy (non-hydrogen) atoms. The van der Waals surface area contributed by atoms with E-state index in [1.54, 1.807) is 42.5 Å². The molecule has 3 rings (SSSR count). The summed E-state index contributed by atoms with van der Waals surface area (Å²) in [5.74, 6) is -1.08. The Kier molecular flexibility index (Phi) is 4.90. The zero-order valence-corrected chi connectivity index (χ0v) is 14.2. The number of nitrogens with two attached hydrogens (primary N) is 2. The van der Waals surface area contributed by atoms with Gasteiger partial charge in [0.05, 0.1) is 17.6 Å². The molecule has 1 heterocycles. The molecule has 0 radical (unpaired) electrons. The lowest BCUT2D eigenvalue weighted by atomic mass is 10.3. The molecule has 3 aromatic rings. The van der Waals surface area contributed by atoms with Gasteiger partial charge in [-0.25, -0.2) is 13.9 Å². The lowest BCUT2D eigenvalue weighted by Gasteiger charge is -2.05. The second-order valence-corrected chi connectivity index (χ2v) is 6.33. The van der Waals surface area contributed by atoms with Gasteiger partial charge in [-0.2, -0.15) is 5.10 Å². The largest absolute Gasteiger partial charge is 0.364 e. The minimum absolute atomic E-state index is 0.103. The maximum atomic E-state index is 13.7. The van der Waals surface area contributed by atoms with E-state index in [4.69, 9.17) is 11.5 Å². The Balaban J connectivity index is 1.85. The second-order valence-electron chi connectivity index (χ2n) is 5.22. The van der Waals surface area contributed by atoms with Crippen LogP contribution in [0.2, 0.25) is 0 Å². The molecule has 0 aliphatic heterocycles. The molecule has 5 N–H and O–H groups in total. The van der Waals surface area contributed by atoms with Crippen LogP contribution in [0.15, 0.2) is 64.5 Å². The Hall–Kier alpha value is -3.33. The van der Waals surface area contributed by atoms with Crippen LogP contribution in [0.5, 0.6) is 0 Å². The van der Waals surface area contributed by atoms with Crippen molar-refractivity contribution in [2.24, 2.45) is 11.5 Å². The van der Waals surface area contributed by atoms with Gasteiger partial charge in [0.25, 0.3) is 5.91 Å². The SMILES string of the molecule is NC(=O)Nc1cn(-c2ccc(Sc3ccccc3F)cc2)nc1C(N)=O. The van der Waals surface area contributed by atoms with Crippen molar-refractivity contribution in [2.75, 3.05) is 5.32 Å². The summed E-state index contributed by atoms with van der Waals surface area (Å²) in [6.45, 7) is 0. The molecule has 0 aliphatic rings. The van der Waals surface area contributed by atoms with E-state index in [1.807, 2.05) is 0 Å². The molecule has 0 saturated heterocycles. The van der Waals surface area contributed by atoms with Gasteiger partial charge in [-0.15, -0.1) is 0 Å². The minimum Gasteiger partial charge on any atom is -0.364 e. The summed E-state index contributed by atoms with van der Waals surface area (Å²) in [5, 5.41) is 6.37. The number of urea groups is 1. The van der Waals surface area contributed by atoms with Crippen molar-refractivity contribution in [3.8, 4) is 5.69 Å². The average molecular weight is 371 g/mol. The number of carbonyl (C=O) groups excluding carboxylic acids is 2. The Morgan fingerprint density at radius 3 is 2.38 bits per heavy atom. The van der Waals surface area contributed by atoms with Crippen LogP contribution < -0.4 is 16.8 Å². The summed E-state index contributed by atoms with van der Waals surface area (Å²) in [6.07, 6.45) is 1.43. The first-order valence-corrected chi connectivity index (χ1v) is 8.24. The number of nitrogens with zero attached hydrogens (tertiary/aromatic N) is 2. The molecule has 1 aromatic heterocycles. The van der Waals surface area contributed by atoms with Crippen molar-refractivity contribution < 1.29 is 14.0 Å². The monoisotopic (exact) mass is 371 g/mol. The number of halogens is 1. The number of aromatic nitrogens is 2. The van der Waals surface area contributed by atoms with Gasteiger partial charge in [0.1, 0.15) is 5.82 Å². The van der Waals surface area contributed by atoms with Crippen molar-refractivity contribution >= 4 is 29.4 Å². The number of anilines is 1. The number of nitrogens with one attached hydrogen (secondary N) is 1. The zero-order chi connectivity index (χ0) is 18.7. The van der Waals surface area contributed by atoms with Crippen molar-refractivity contribution in [1.29, 1.82) is 0 Å². The molecular formula is C17H14FN5O2S. The number of primary amides is 2. The fraction of sp³-hybridized carbons (Fsp3) is 0. The van der Waals surface area contributed by atoms with Gasteiger partial charge in [0.15, 0.2) is 5.69 Å². The van der Waals surface area contributed by atoms with E-state index in [-0.39, 0.29) is 17.2 Å². The van der Waals surface area contributed by atoms with Crippen LogP contribution >= 0.6 is 11.8 Å². The first-order valence-electron chi connectivity index (χ1n) is 7.43. The third kappa shape index (κ3) is 3.83. The number of hydrogen-bond donors (Lipinski definition) is 3. The molecule has 3 amide bonds. The predicted octanol–water partition coefficient (Wildman–Crippen LogP) is 2.75. The van der Waals surface area contributed by atoms with E-state index >= 15 is 0 Å². The van der Waals surface area contributed by atoms with Crippen molar-refractivity contribution in [3.05, 3.63) is 66.2 Å². The molecular weight excluding hydrogens is 357 g/mol.